The van der Waals surface area contributed by atoms with E-state index in [9.17, 15) is 0 Å². The molecule has 4 heteroatoms. The van der Waals surface area contributed by atoms with Gasteiger partial charge in [-0.15, -0.1) is 0 Å². The standard InChI is InChI=1S/C19H22N2O2/c1-11-9-15(12(2)20)18-16(10-11)17-19(23-18)14(3-6-21-17)13-4-7-22-8-5-13/h3,6,9-10,12-13H,4-5,7-8,20H2,1-2H3/t12-/m1/s1. The van der Waals surface area contributed by atoms with Crippen molar-refractivity contribution in [3.63, 3.8) is 0 Å². The molecule has 0 amide bonds. The number of hydrogen-bond donors (Lipinski definition) is 1. The lowest BCUT2D eigenvalue weighted by Crippen LogP contribution is -2.14. The summed E-state index contributed by atoms with van der Waals surface area (Å²) in [6.07, 6.45) is 3.97. The maximum atomic E-state index is 6.30. The molecule has 1 fully saturated rings. The van der Waals surface area contributed by atoms with E-state index in [0.29, 0.717) is 5.92 Å². The molecule has 1 aliphatic heterocycles. The number of pyridine rings is 1. The lowest BCUT2D eigenvalue weighted by molar-refractivity contribution is 0.0854. The van der Waals surface area contributed by atoms with Crippen LogP contribution in [0.1, 0.15) is 48.4 Å². The van der Waals surface area contributed by atoms with E-state index < -0.39 is 0 Å². The Morgan fingerprint density at radius 2 is 2.00 bits per heavy atom. The molecule has 23 heavy (non-hydrogen) atoms. The second-order valence-corrected chi connectivity index (χ2v) is 6.59. The van der Waals surface area contributed by atoms with Gasteiger partial charge in [0.15, 0.2) is 5.58 Å². The van der Waals surface area contributed by atoms with Crippen LogP contribution in [0.5, 0.6) is 0 Å². The van der Waals surface area contributed by atoms with E-state index in [2.05, 4.69) is 30.1 Å². The van der Waals surface area contributed by atoms with Gasteiger partial charge in [0.2, 0.25) is 0 Å². The molecule has 2 aromatic heterocycles. The second-order valence-electron chi connectivity index (χ2n) is 6.59. The van der Waals surface area contributed by atoms with E-state index in [1.165, 1.54) is 11.1 Å². The lowest BCUT2D eigenvalue weighted by Gasteiger charge is -2.22. The van der Waals surface area contributed by atoms with Gasteiger partial charge in [0.05, 0.1) is 0 Å². The van der Waals surface area contributed by atoms with Gasteiger partial charge >= 0.3 is 0 Å². The van der Waals surface area contributed by atoms with Crippen molar-refractivity contribution >= 4 is 22.1 Å². The Hall–Kier alpha value is -1.91. The molecule has 1 saturated heterocycles. The zero-order chi connectivity index (χ0) is 16.0. The molecule has 1 atom stereocenters. The number of aryl methyl sites for hydroxylation is 1. The van der Waals surface area contributed by atoms with Crippen molar-refractivity contribution in [1.82, 2.24) is 4.98 Å². The molecule has 0 unspecified atom stereocenters. The highest BCUT2D eigenvalue weighted by atomic mass is 16.5. The number of fused-ring (bicyclic) bond motifs is 3. The first-order valence-corrected chi connectivity index (χ1v) is 8.30. The van der Waals surface area contributed by atoms with Crippen molar-refractivity contribution in [2.75, 3.05) is 13.2 Å². The van der Waals surface area contributed by atoms with Crippen LogP contribution >= 0.6 is 0 Å². The summed E-state index contributed by atoms with van der Waals surface area (Å²) in [5, 5.41) is 1.07. The molecule has 0 spiro atoms. The van der Waals surface area contributed by atoms with E-state index in [0.717, 1.165) is 53.7 Å². The van der Waals surface area contributed by atoms with Crippen LogP contribution in [0.3, 0.4) is 0 Å². The van der Waals surface area contributed by atoms with Crippen LogP contribution < -0.4 is 5.73 Å². The van der Waals surface area contributed by atoms with Gasteiger partial charge in [0.1, 0.15) is 11.1 Å². The molecule has 3 aromatic rings. The molecule has 1 aromatic carbocycles. The third kappa shape index (κ3) is 2.42. The van der Waals surface area contributed by atoms with Crippen LogP contribution in [-0.4, -0.2) is 18.2 Å². The zero-order valence-electron chi connectivity index (χ0n) is 13.6. The van der Waals surface area contributed by atoms with Gasteiger partial charge in [-0.25, -0.2) is 0 Å². The summed E-state index contributed by atoms with van der Waals surface area (Å²) in [6.45, 7) is 5.72. The molecular formula is C19H22N2O2. The second kappa shape index (κ2) is 5.62. The molecular weight excluding hydrogens is 288 g/mol. The monoisotopic (exact) mass is 310 g/mol. The Balaban J connectivity index is 1.99. The van der Waals surface area contributed by atoms with E-state index in [4.69, 9.17) is 14.9 Å². The first-order valence-electron chi connectivity index (χ1n) is 8.30. The summed E-state index contributed by atoms with van der Waals surface area (Å²) < 4.78 is 11.8. The van der Waals surface area contributed by atoms with Gasteiger partial charge in [-0.3, -0.25) is 4.98 Å². The van der Waals surface area contributed by atoms with Crippen molar-refractivity contribution in [2.45, 2.75) is 38.6 Å². The van der Waals surface area contributed by atoms with Gasteiger partial charge in [-0.2, -0.15) is 0 Å². The lowest BCUT2D eigenvalue weighted by atomic mass is 9.91. The molecule has 120 valence electrons. The predicted octanol–water partition coefficient (Wildman–Crippen LogP) is 4.20. The number of ether oxygens (including phenoxy) is 1. The highest BCUT2D eigenvalue weighted by molar-refractivity contribution is 6.05. The molecule has 2 N–H and O–H groups in total. The Bertz CT molecular complexity index is 861. The van der Waals surface area contributed by atoms with Crippen LogP contribution in [0.15, 0.2) is 28.8 Å². The minimum absolute atomic E-state index is 0.0653. The molecule has 1 aliphatic rings. The minimum atomic E-state index is -0.0653. The summed E-state index contributed by atoms with van der Waals surface area (Å²) in [6, 6.07) is 6.29. The first-order chi connectivity index (χ1) is 11.1. The minimum Gasteiger partial charge on any atom is -0.454 e. The highest BCUT2D eigenvalue weighted by Gasteiger charge is 2.23. The molecule has 0 bridgehead atoms. The van der Waals surface area contributed by atoms with Crippen LogP contribution in [0.4, 0.5) is 0 Å². The third-order valence-corrected chi connectivity index (χ3v) is 4.81. The van der Waals surface area contributed by atoms with Gasteiger partial charge in [-0.05, 0) is 50.3 Å². The molecule has 0 aliphatic carbocycles. The smallest absolute Gasteiger partial charge is 0.157 e. The largest absolute Gasteiger partial charge is 0.454 e. The fourth-order valence-electron chi connectivity index (χ4n) is 3.62. The zero-order valence-corrected chi connectivity index (χ0v) is 13.6. The van der Waals surface area contributed by atoms with Crippen molar-refractivity contribution in [1.29, 1.82) is 0 Å². The highest BCUT2D eigenvalue weighted by Crippen LogP contribution is 2.38. The third-order valence-electron chi connectivity index (χ3n) is 4.81. The normalized spacial score (nSPS) is 17.9. The van der Waals surface area contributed by atoms with Crippen LogP contribution in [0.25, 0.3) is 22.1 Å². The van der Waals surface area contributed by atoms with E-state index in [1.807, 2.05) is 13.1 Å². The summed E-state index contributed by atoms with van der Waals surface area (Å²) in [5.41, 5.74) is 12.4. The maximum Gasteiger partial charge on any atom is 0.157 e. The molecule has 4 rings (SSSR count). The average molecular weight is 310 g/mol. The number of nitrogens with zero attached hydrogens (tertiary/aromatic N) is 1. The van der Waals surface area contributed by atoms with Crippen LogP contribution in [-0.2, 0) is 4.74 Å². The van der Waals surface area contributed by atoms with E-state index in [-0.39, 0.29) is 6.04 Å². The average Bonchev–Trinajstić information content (AvgIpc) is 2.93. The number of nitrogens with two attached hydrogens (primary N) is 1. The Labute approximate surface area is 135 Å². The van der Waals surface area contributed by atoms with Crippen molar-refractivity contribution in [2.24, 2.45) is 5.73 Å². The number of benzene rings is 1. The topological polar surface area (TPSA) is 61.3 Å². The summed E-state index contributed by atoms with van der Waals surface area (Å²) in [7, 11) is 0. The summed E-state index contributed by atoms with van der Waals surface area (Å²) in [5.74, 6) is 0.481. The van der Waals surface area contributed by atoms with E-state index >= 15 is 0 Å². The number of aromatic nitrogens is 1. The maximum absolute atomic E-state index is 6.30. The van der Waals surface area contributed by atoms with Crippen molar-refractivity contribution in [3.05, 3.63) is 41.1 Å². The first kappa shape index (κ1) is 14.7. The van der Waals surface area contributed by atoms with Gasteiger partial charge in [0, 0.05) is 42.0 Å². The Morgan fingerprint density at radius 3 is 2.74 bits per heavy atom. The number of furan rings is 1. The summed E-state index contributed by atoms with van der Waals surface area (Å²) in [4.78, 5) is 4.60. The predicted molar refractivity (Wildman–Crippen MR) is 91.6 cm³/mol. The van der Waals surface area contributed by atoms with Gasteiger partial charge in [-0.1, -0.05) is 6.07 Å². The van der Waals surface area contributed by atoms with Crippen molar-refractivity contribution < 1.29 is 9.15 Å². The fraction of sp³-hybridized carbons (Fsp3) is 0.421. The Morgan fingerprint density at radius 1 is 1.22 bits per heavy atom. The van der Waals surface area contributed by atoms with Crippen LogP contribution in [0, 0.1) is 6.92 Å². The Kier molecular flexibility index (Phi) is 3.58. The van der Waals surface area contributed by atoms with Gasteiger partial charge < -0.3 is 14.9 Å². The molecule has 4 nitrogen and oxygen atoms in total. The molecule has 0 saturated carbocycles. The van der Waals surface area contributed by atoms with Crippen molar-refractivity contribution in [3.8, 4) is 0 Å². The quantitative estimate of drug-likeness (QED) is 0.770. The fourth-order valence-corrected chi connectivity index (χ4v) is 3.62. The number of hydrogen-bond acceptors (Lipinski definition) is 4. The molecule has 0 radical (unpaired) electrons. The number of rotatable bonds is 2. The van der Waals surface area contributed by atoms with Gasteiger partial charge in [0.25, 0.3) is 0 Å². The van der Waals surface area contributed by atoms with E-state index in [1.54, 1.807) is 0 Å². The summed E-state index contributed by atoms with van der Waals surface area (Å²) >= 11 is 0. The molecule has 3 heterocycles. The van der Waals surface area contributed by atoms with Crippen LogP contribution in [0.2, 0.25) is 0 Å². The SMILES string of the molecule is Cc1cc([C@@H](C)N)c2oc3c(C4CCOCC4)ccnc3c2c1.